The number of hydrogen-bond donors (Lipinski definition) is 1. The summed E-state index contributed by atoms with van der Waals surface area (Å²) < 4.78 is 25.4. The van der Waals surface area contributed by atoms with Gasteiger partial charge in [0, 0.05) is 19.7 Å². The second kappa shape index (κ2) is 5.90. The molecule has 1 saturated heterocycles. The smallest absolute Gasteiger partial charge is 0.326 e. The highest BCUT2D eigenvalue weighted by molar-refractivity contribution is 7.89. The molecule has 25 heavy (non-hydrogen) atoms. The van der Waals surface area contributed by atoms with Gasteiger partial charge in [-0.05, 0) is 19.1 Å². The van der Waals surface area contributed by atoms with Crippen LogP contribution in [0.25, 0.3) is 0 Å². The normalized spacial score (nSPS) is 24.0. The summed E-state index contributed by atoms with van der Waals surface area (Å²) in [5, 5.41) is 5.53. The van der Waals surface area contributed by atoms with Gasteiger partial charge < -0.3 is 4.84 Å². The summed E-state index contributed by atoms with van der Waals surface area (Å²) in [6, 6.07) is 6.05. The molecule has 2 aliphatic heterocycles. The van der Waals surface area contributed by atoms with Gasteiger partial charge in [-0.1, -0.05) is 12.1 Å². The average molecular weight is 366 g/mol. The topological polar surface area (TPSA) is 108 Å². The third-order valence-electron chi connectivity index (χ3n) is 4.16. The molecule has 0 radical (unpaired) electrons. The van der Waals surface area contributed by atoms with E-state index in [4.69, 9.17) is 4.84 Å². The first-order chi connectivity index (χ1) is 11.7. The highest BCUT2D eigenvalue weighted by Gasteiger charge is 2.50. The molecule has 10 heteroatoms. The third-order valence-corrected chi connectivity index (χ3v) is 5.99. The second-order valence-corrected chi connectivity index (χ2v) is 8.29. The van der Waals surface area contributed by atoms with E-state index in [0.29, 0.717) is 11.3 Å². The first kappa shape index (κ1) is 17.5. The molecule has 1 fully saturated rings. The van der Waals surface area contributed by atoms with Crippen LogP contribution < -0.4 is 5.48 Å². The Kier molecular flexibility index (Phi) is 4.13. The lowest BCUT2D eigenvalue weighted by atomic mass is 9.91. The van der Waals surface area contributed by atoms with Gasteiger partial charge in [0.15, 0.2) is 5.54 Å². The van der Waals surface area contributed by atoms with E-state index < -0.39 is 21.5 Å². The Morgan fingerprint density at radius 2 is 1.88 bits per heavy atom. The van der Waals surface area contributed by atoms with Crippen LogP contribution in [0, 0.1) is 0 Å². The Morgan fingerprint density at radius 1 is 1.24 bits per heavy atom. The van der Waals surface area contributed by atoms with Crippen molar-refractivity contribution in [3.05, 3.63) is 29.8 Å². The predicted molar refractivity (Wildman–Crippen MR) is 87.8 cm³/mol. The molecule has 0 aliphatic carbocycles. The zero-order chi connectivity index (χ0) is 18.4. The van der Waals surface area contributed by atoms with Crippen molar-refractivity contribution in [2.75, 3.05) is 20.6 Å². The number of hydrogen-bond acceptors (Lipinski definition) is 7. The zero-order valence-corrected chi connectivity index (χ0v) is 14.8. The number of fused-ring (bicyclic) bond motifs is 2. The number of hydroxylamine groups is 1. The van der Waals surface area contributed by atoms with Gasteiger partial charge in [0.1, 0.15) is 5.71 Å². The fraction of sp³-hybridized carbons (Fsp3) is 0.400. The summed E-state index contributed by atoms with van der Waals surface area (Å²) in [5.41, 5.74) is 2.10. The number of amides is 1. The molecule has 1 atom stereocenters. The maximum atomic E-state index is 12.5. The fourth-order valence-corrected chi connectivity index (χ4v) is 3.52. The van der Waals surface area contributed by atoms with Crippen LogP contribution in [0.1, 0.15) is 18.9 Å². The maximum absolute atomic E-state index is 12.5. The van der Waals surface area contributed by atoms with Gasteiger partial charge in [-0.3, -0.25) is 9.59 Å². The Balaban J connectivity index is 1.99. The lowest BCUT2D eigenvalue weighted by Crippen LogP contribution is -2.57. The molecule has 1 aromatic rings. The summed E-state index contributed by atoms with van der Waals surface area (Å²) in [6.07, 6.45) is 0.0333. The van der Waals surface area contributed by atoms with Gasteiger partial charge in [-0.2, -0.15) is 5.10 Å². The summed E-state index contributed by atoms with van der Waals surface area (Å²) in [5.74, 6) is -0.812. The molecule has 1 aromatic carbocycles. The number of benzene rings is 1. The molecule has 0 saturated carbocycles. The van der Waals surface area contributed by atoms with Crippen molar-refractivity contribution in [3.63, 3.8) is 0 Å². The molecule has 2 heterocycles. The number of hydrazone groups is 1. The van der Waals surface area contributed by atoms with Gasteiger partial charge in [-0.15, -0.1) is 5.48 Å². The molecular weight excluding hydrogens is 348 g/mol. The van der Waals surface area contributed by atoms with Crippen molar-refractivity contribution >= 4 is 27.6 Å². The van der Waals surface area contributed by atoms with Crippen LogP contribution in [0.2, 0.25) is 0 Å². The maximum Gasteiger partial charge on any atom is 0.326 e. The van der Waals surface area contributed by atoms with E-state index in [2.05, 4.69) is 10.6 Å². The van der Waals surface area contributed by atoms with E-state index in [9.17, 15) is 18.0 Å². The van der Waals surface area contributed by atoms with E-state index in [1.165, 1.54) is 31.2 Å². The van der Waals surface area contributed by atoms with Crippen LogP contribution >= 0.6 is 0 Å². The first-order valence-corrected chi connectivity index (χ1v) is 9.01. The lowest BCUT2D eigenvalue weighted by molar-refractivity contribution is -0.161. The largest absolute Gasteiger partial charge is 0.369 e. The molecule has 0 aromatic heterocycles. The first-order valence-electron chi connectivity index (χ1n) is 7.57. The van der Waals surface area contributed by atoms with Crippen molar-refractivity contribution in [2.24, 2.45) is 5.10 Å². The summed E-state index contributed by atoms with van der Waals surface area (Å²) in [6.45, 7) is 1.70. The quantitative estimate of drug-likeness (QED) is 0.786. The van der Waals surface area contributed by atoms with Crippen molar-refractivity contribution in [2.45, 2.75) is 23.8 Å². The van der Waals surface area contributed by atoms with E-state index >= 15 is 0 Å². The number of nitrogens with zero attached hydrogens (tertiary/aromatic N) is 3. The van der Waals surface area contributed by atoms with Crippen LogP contribution in [0.4, 0.5) is 0 Å². The van der Waals surface area contributed by atoms with E-state index in [-0.39, 0.29) is 23.8 Å². The highest BCUT2D eigenvalue weighted by Crippen LogP contribution is 2.27. The minimum Gasteiger partial charge on any atom is -0.369 e. The minimum atomic E-state index is -3.55. The molecule has 0 spiro atoms. The van der Waals surface area contributed by atoms with Gasteiger partial charge in [0.25, 0.3) is 5.91 Å². The van der Waals surface area contributed by atoms with Gasteiger partial charge in [0.05, 0.1) is 17.9 Å². The van der Waals surface area contributed by atoms with Crippen LogP contribution in [-0.4, -0.2) is 61.5 Å². The van der Waals surface area contributed by atoms with E-state index in [1.807, 2.05) is 0 Å². The summed E-state index contributed by atoms with van der Waals surface area (Å²) >= 11 is 0. The molecule has 1 unspecified atom stereocenters. The molecule has 1 N–H and O–H groups in total. The van der Waals surface area contributed by atoms with Crippen molar-refractivity contribution in [1.29, 1.82) is 0 Å². The van der Waals surface area contributed by atoms with E-state index in [0.717, 1.165) is 4.31 Å². The lowest BCUT2D eigenvalue weighted by Gasteiger charge is -2.27. The van der Waals surface area contributed by atoms with Gasteiger partial charge in [0.2, 0.25) is 10.0 Å². The Labute approximate surface area is 145 Å². The van der Waals surface area contributed by atoms with Crippen LogP contribution in [0.3, 0.4) is 0 Å². The molecule has 134 valence electrons. The van der Waals surface area contributed by atoms with Crippen molar-refractivity contribution in [3.8, 4) is 0 Å². The fourth-order valence-electron chi connectivity index (χ4n) is 2.62. The summed E-state index contributed by atoms with van der Waals surface area (Å²) in [7, 11) is -0.648. The number of carbonyl (C=O) groups is 2. The number of nitrogens with one attached hydrogen (secondary N) is 1. The Morgan fingerprint density at radius 3 is 2.48 bits per heavy atom. The number of sulfonamides is 1. The SMILES string of the molecule is CN(C)S(=O)(=O)c1ccc(C2=NN3CCC(=O)ONC2(C)C3=O)cc1. The minimum absolute atomic E-state index is 0.0333. The highest BCUT2D eigenvalue weighted by atomic mass is 32.2. The standard InChI is InChI=1S/C15H18N4O5S/c1-15-13(16-19(14(15)21)9-8-12(20)24-17-15)10-4-6-11(7-5-10)25(22,23)18(2)3/h4-7,17H,8-9H2,1-3H3. The molecule has 1 amide bonds. The van der Waals surface area contributed by atoms with Crippen molar-refractivity contribution in [1.82, 2.24) is 14.8 Å². The molecule has 9 nitrogen and oxygen atoms in total. The Bertz CT molecular complexity index is 862. The van der Waals surface area contributed by atoms with Gasteiger partial charge in [-0.25, -0.2) is 17.7 Å². The number of rotatable bonds is 3. The second-order valence-electron chi connectivity index (χ2n) is 6.14. The zero-order valence-electron chi connectivity index (χ0n) is 14.0. The molecule has 3 rings (SSSR count). The third kappa shape index (κ3) is 2.81. The number of carbonyl (C=O) groups excluding carboxylic acids is 2. The predicted octanol–water partition coefficient (Wildman–Crippen LogP) is -0.307. The van der Waals surface area contributed by atoms with Crippen LogP contribution in [0.15, 0.2) is 34.3 Å². The molecular formula is C15H18N4O5S. The average Bonchev–Trinajstić information content (AvgIpc) is 2.85. The van der Waals surface area contributed by atoms with Gasteiger partial charge >= 0.3 is 5.97 Å². The monoisotopic (exact) mass is 366 g/mol. The summed E-state index contributed by atoms with van der Waals surface area (Å²) in [4.78, 5) is 29.1. The molecule has 2 aliphatic rings. The Hall–Kier alpha value is -2.30. The van der Waals surface area contributed by atoms with Crippen LogP contribution in [0.5, 0.6) is 0 Å². The molecule has 2 bridgehead atoms. The van der Waals surface area contributed by atoms with E-state index in [1.54, 1.807) is 19.1 Å². The van der Waals surface area contributed by atoms with Crippen LogP contribution in [-0.2, 0) is 24.4 Å². The van der Waals surface area contributed by atoms with Crippen molar-refractivity contribution < 1.29 is 22.8 Å².